The number of rotatable bonds is 7. The number of esters is 1. The fourth-order valence-electron chi connectivity index (χ4n) is 3.21. The van der Waals surface area contributed by atoms with E-state index in [1.54, 1.807) is 30.3 Å². The maximum absolute atomic E-state index is 12.5. The Labute approximate surface area is 183 Å². The second-order valence-corrected chi connectivity index (χ2v) is 7.91. The van der Waals surface area contributed by atoms with Crippen molar-refractivity contribution in [1.29, 1.82) is 0 Å². The van der Waals surface area contributed by atoms with Gasteiger partial charge in [-0.15, -0.1) is 11.3 Å². The number of carbonyl (C=O) groups excluding carboxylic acids is 2. The van der Waals surface area contributed by atoms with Crippen molar-refractivity contribution in [3.63, 3.8) is 0 Å². The van der Waals surface area contributed by atoms with Crippen LogP contribution in [0.25, 0.3) is 10.2 Å². The standard InChI is InChI=1S/C23H21N3O4S/c1-15-17-12-20(31-22(17)26(25-15)13-16-8-4-3-5-9-16)23(28)30-14-21(27)24-18-10-6-7-11-19(18)29-2/h3-12H,13-14H2,1-2H3,(H,24,27). The van der Waals surface area contributed by atoms with Crippen molar-refractivity contribution >= 4 is 39.1 Å². The summed E-state index contributed by atoms with van der Waals surface area (Å²) >= 11 is 1.31. The van der Waals surface area contributed by atoms with E-state index in [4.69, 9.17) is 9.47 Å². The molecule has 4 aromatic rings. The Hall–Kier alpha value is -3.65. The second-order valence-electron chi connectivity index (χ2n) is 6.88. The number of nitrogens with zero attached hydrogens (tertiary/aromatic N) is 2. The molecule has 2 heterocycles. The number of hydrogen-bond acceptors (Lipinski definition) is 6. The molecular formula is C23H21N3O4S. The third-order valence-electron chi connectivity index (χ3n) is 4.70. The number of aromatic nitrogens is 2. The van der Waals surface area contributed by atoms with E-state index in [2.05, 4.69) is 10.4 Å². The molecule has 0 aliphatic heterocycles. The number of benzene rings is 2. The number of ether oxygens (including phenoxy) is 2. The van der Waals surface area contributed by atoms with Gasteiger partial charge in [0.2, 0.25) is 0 Å². The zero-order chi connectivity index (χ0) is 21.8. The first-order valence-electron chi connectivity index (χ1n) is 9.66. The van der Waals surface area contributed by atoms with Crippen LogP contribution in [0, 0.1) is 6.92 Å². The van der Waals surface area contributed by atoms with Crippen LogP contribution in [0.5, 0.6) is 5.75 Å². The summed E-state index contributed by atoms with van der Waals surface area (Å²) in [4.78, 5) is 26.1. The minimum atomic E-state index is -0.540. The Bertz CT molecular complexity index is 1230. The van der Waals surface area contributed by atoms with E-state index in [1.165, 1.54) is 18.4 Å². The summed E-state index contributed by atoms with van der Waals surface area (Å²) in [5, 5.41) is 8.17. The molecule has 0 bridgehead atoms. The summed E-state index contributed by atoms with van der Waals surface area (Å²) in [7, 11) is 1.52. The number of methoxy groups -OCH3 is 1. The van der Waals surface area contributed by atoms with Crippen molar-refractivity contribution in [2.75, 3.05) is 19.0 Å². The van der Waals surface area contributed by atoms with Crippen LogP contribution in [0.2, 0.25) is 0 Å². The maximum atomic E-state index is 12.5. The lowest BCUT2D eigenvalue weighted by molar-refractivity contribution is -0.119. The topological polar surface area (TPSA) is 82.4 Å². The Morgan fingerprint density at radius 2 is 1.84 bits per heavy atom. The van der Waals surface area contributed by atoms with Crippen molar-refractivity contribution in [1.82, 2.24) is 9.78 Å². The Kier molecular flexibility index (Phi) is 5.99. The fraction of sp³-hybridized carbons (Fsp3) is 0.174. The second kappa shape index (κ2) is 9.01. The molecule has 8 heteroatoms. The average molecular weight is 436 g/mol. The van der Waals surface area contributed by atoms with Gasteiger partial charge in [0.15, 0.2) is 6.61 Å². The van der Waals surface area contributed by atoms with Crippen molar-refractivity contribution in [2.45, 2.75) is 13.5 Å². The summed E-state index contributed by atoms with van der Waals surface area (Å²) in [6.45, 7) is 2.13. The molecule has 2 aromatic carbocycles. The zero-order valence-corrected chi connectivity index (χ0v) is 17.9. The highest BCUT2D eigenvalue weighted by molar-refractivity contribution is 7.20. The largest absolute Gasteiger partial charge is 0.495 e. The number of hydrogen-bond donors (Lipinski definition) is 1. The highest BCUT2D eigenvalue weighted by atomic mass is 32.1. The molecule has 1 N–H and O–H groups in total. The van der Waals surface area contributed by atoms with Gasteiger partial charge < -0.3 is 14.8 Å². The molecule has 0 atom stereocenters. The minimum Gasteiger partial charge on any atom is -0.495 e. The number of anilines is 1. The monoisotopic (exact) mass is 435 g/mol. The van der Waals surface area contributed by atoms with Gasteiger partial charge in [-0.05, 0) is 30.7 Å². The molecule has 0 aliphatic carbocycles. The summed E-state index contributed by atoms with van der Waals surface area (Å²) in [5.74, 6) is -0.447. The first kappa shape index (κ1) is 20.6. The first-order chi connectivity index (χ1) is 15.0. The summed E-state index contributed by atoms with van der Waals surface area (Å²) < 4.78 is 12.3. The molecule has 4 rings (SSSR count). The van der Waals surface area contributed by atoms with Gasteiger partial charge in [0.1, 0.15) is 15.5 Å². The molecule has 31 heavy (non-hydrogen) atoms. The number of thiophene rings is 1. The number of carbonyl (C=O) groups is 2. The van der Waals surface area contributed by atoms with Crippen molar-refractivity contribution in [3.8, 4) is 5.75 Å². The van der Waals surface area contributed by atoms with E-state index >= 15 is 0 Å². The number of amides is 1. The van der Waals surface area contributed by atoms with Crippen LogP contribution in [0.4, 0.5) is 5.69 Å². The highest BCUT2D eigenvalue weighted by Crippen LogP contribution is 2.29. The van der Waals surface area contributed by atoms with Crippen LogP contribution >= 0.6 is 11.3 Å². The number of para-hydroxylation sites is 2. The van der Waals surface area contributed by atoms with Crippen LogP contribution < -0.4 is 10.1 Å². The number of fused-ring (bicyclic) bond motifs is 1. The van der Waals surface area contributed by atoms with Gasteiger partial charge in [0.25, 0.3) is 5.91 Å². The SMILES string of the molecule is COc1ccccc1NC(=O)COC(=O)c1cc2c(C)nn(Cc3ccccc3)c2s1. The van der Waals surface area contributed by atoms with E-state index in [9.17, 15) is 9.59 Å². The highest BCUT2D eigenvalue weighted by Gasteiger charge is 2.18. The quantitative estimate of drug-likeness (QED) is 0.439. The third-order valence-corrected chi connectivity index (χ3v) is 5.83. The number of nitrogens with one attached hydrogen (secondary N) is 1. The summed E-state index contributed by atoms with van der Waals surface area (Å²) in [6, 6.07) is 18.8. The normalized spacial score (nSPS) is 10.8. The Morgan fingerprint density at radius 1 is 1.10 bits per heavy atom. The molecule has 158 valence electrons. The number of aryl methyl sites for hydroxylation is 1. The predicted octanol–water partition coefficient (Wildman–Crippen LogP) is 4.26. The molecule has 0 aliphatic rings. The molecule has 0 saturated carbocycles. The third kappa shape index (κ3) is 4.59. The molecule has 0 unspecified atom stereocenters. The summed E-state index contributed by atoms with van der Waals surface area (Å²) in [6.07, 6.45) is 0. The van der Waals surface area contributed by atoms with Gasteiger partial charge in [-0.25, -0.2) is 4.79 Å². The van der Waals surface area contributed by atoms with Crippen molar-refractivity contribution in [3.05, 3.63) is 76.8 Å². The van der Waals surface area contributed by atoms with Gasteiger partial charge in [-0.1, -0.05) is 42.5 Å². The summed E-state index contributed by atoms with van der Waals surface area (Å²) in [5.41, 5.74) is 2.48. The first-order valence-corrected chi connectivity index (χ1v) is 10.5. The lowest BCUT2D eigenvalue weighted by Crippen LogP contribution is -2.20. The lowest BCUT2D eigenvalue weighted by atomic mass is 10.2. The van der Waals surface area contributed by atoms with Crippen LogP contribution in [-0.2, 0) is 16.1 Å². The maximum Gasteiger partial charge on any atom is 0.348 e. The molecule has 1 amide bonds. The molecular weight excluding hydrogens is 414 g/mol. The van der Waals surface area contributed by atoms with E-state index in [-0.39, 0.29) is 6.61 Å². The average Bonchev–Trinajstić information content (AvgIpc) is 3.34. The van der Waals surface area contributed by atoms with Crippen molar-refractivity contribution in [2.24, 2.45) is 0 Å². The van der Waals surface area contributed by atoms with E-state index in [1.807, 2.05) is 41.9 Å². The molecule has 2 aromatic heterocycles. The Morgan fingerprint density at radius 3 is 2.61 bits per heavy atom. The van der Waals surface area contributed by atoms with Gasteiger partial charge in [-0.2, -0.15) is 5.10 Å². The molecule has 0 spiro atoms. The molecule has 0 fully saturated rings. The van der Waals surface area contributed by atoms with E-state index in [0.717, 1.165) is 21.5 Å². The molecule has 0 saturated heterocycles. The minimum absolute atomic E-state index is 0.389. The van der Waals surface area contributed by atoms with E-state index in [0.29, 0.717) is 22.9 Å². The van der Waals surface area contributed by atoms with Gasteiger partial charge in [0.05, 0.1) is 25.0 Å². The van der Waals surface area contributed by atoms with Gasteiger partial charge >= 0.3 is 5.97 Å². The smallest absolute Gasteiger partial charge is 0.348 e. The van der Waals surface area contributed by atoms with Gasteiger partial charge in [0, 0.05) is 5.39 Å². The van der Waals surface area contributed by atoms with Crippen LogP contribution in [0.1, 0.15) is 20.9 Å². The van der Waals surface area contributed by atoms with Crippen LogP contribution in [-0.4, -0.2) is 35.4 Å². The van der Waals surface area contributed by atoms with Crippen LogP contribution in [0.15, 0.2) is 60.7 Å². The van der Waals surface area contributed by atoms with Crippen molar-refractivity contribution < 1.29 is 19.1 Å². The fourth-order valence-corrected chi connectivity index (χ4v) is 4.27. The zero-order valence-electron chi connectivity index (χ0n) is 17.1. The predicted molar refractivity (Wildman–Crippen MR) is 120 cm³/mol. The molecule has 7 nitrogen and oxygen atoms in total. The van der Waals surface area contributed by atoms with Crippen LogP contribution in [0.3, 0.4) is 0 Å². The van der Waals surface area contributed by atoms with Gasteiger partial charge in [-0.3, -0.25) is 9.48 Å². The molecule has 0 radical (unpaired) electrons. The Balaban J connectivity index is 1.43. The lowest BCUT2D eigenvalue weighted by Gasteiger charge is -2.09. The van der Waals surface area contributed by atoms with E-state index < -0.39 is 11.9 Å².